The molecule has 0 aliphatic heterocycles. The molecule has 0 aliphatic rings. The standard InChI is InChI=1S/C11H14N2O2/c1-13-10-4-2-3-8(5-10)11(15)6-9(12)7-14/h2-5,9,11,14-15H,6-7,12H2/t9-,11-/m0/s1. The Morgan fingerprint density at radius 1 is 1.47 bits per heavy atom. The first-order valence-electron chi connectivity index (χ1n) is 4.69. The largest absolute Gasteiger partial charge is 0.395 e. The number of hydrogen-bond acceptors (Lipinski definition) is 3. The number of aliphatic hydroxyl groups is 2. The van der Waals surface area contributed by atoms with Gasteiger partial charge in [-0.2, -0.15) is 0 Å². The van der Waals surface area contributed by atoms with Gasteiger partial charge in [-0.15, -0.1) is 0 Å². The summed E-state index contributed by atoms with van der Waals surface area (Å²) in [5.41, 5.74) is 6.66. The van der Waals surface area contributed by atoms with Gasteiger partial charge in [-0.25, -0.2) is 4.85 Å². The zero-order chi connectivity index (χ0) is 11.3. The van der Waals surface area contributed by atoms with Gasteiger partial charge < -0.3 is 15.9 Å². The molecular weight excluding hydrogens is 192 g/mol. The Labute approximate surface area is 88.8 Å². The Bertz CT molecular complexity index is 360. The van der Waals surface area contributed by atoms with Crippen LogP contribution in [0.15, 0.2) is 24.3 Å². The van der Waals surface area contributed by atoms with Crippen LogP contribution in [0.25, 0.3) is 4.85 Å². The summed E-state index contributed by atoms with van der Waals surface area (Å²) < 4.78 is 0. The van der Waals surface area contributed by atoms with Crippen LogP contribution in [0.4, 0.5) is 5.69 Å². The van der Waals surface area contributed by atoms with Crippen molar-refractivity contribution in [2.45, 2.75) is 18.6 Å². The molecule has 15 heavy (non-hydrogen) atoms. The molecule has 1 aromatic rings. The van der Waals surface area contributed by atoms with E-state index < -0.39 is 12.1 Å². The van der Waals surface area contributed by atoms with Crippen molar-refractivity contribution in [3.05, 3.63) is 41.2 Å². The molecule has 0 saturated heterocycles. The van der Waals surface area contributed by atoms with Gasteiger partial charge in [0.2, 0.25) is 0 Å². The predicted octanol–water partition coefficient (Wildman–Crippen LogP) is 0.980. The van der Waals surface area contributed by atoms with Gasteiger partial charge in [0.05, 0.1) is 19.3 Å². The van der Waals surface area contributed by atoms with E-state index in [2.05, 4.69) is 4.85 Å². The number of aliphatic hydroxyl groups excluding tert-OH is 2. The highest BCUT2D eigenvalue weighted by Gasteiger charge is 2.12. The molecule has 1 aromatic carbocycles. The molecule has 4 N–H and O–H groups in total. The van der Waals surface area contributed by atoms with E-state index in [1.807, 2.05) is 0 Å². The van der Waals surface area contributed by atoms with Crippen molar-refractivity contribution in [1.82, 2.24) is 0 Å². The van der Waals surface area contributed by atoms with Crippen LogP contribution in [0, 0.1) is 6.57 Å². The molecule has 4 heteroatoms. The van der Waals surface area contributed by atoms with Crippen molar-refractivity contribution in [1.29, 1.82) is 0 Å². The van der Waals surface area contributed by atoms with E-state index in [9.17, 15) is 5.11 Å². The molecule has 0 aliphatic carbocycles. The van der Waals surface area contributed by atoms with Gasteiger partial charge in [0.1, 0.15) is 0 Å². The first-order chi connectivity index (χ1) is 7.17. The minimum absolute atomic E-state index is 0.153. The second-order valence-electron chi connectivity index (χ2n) is 3.40. The molecule has 0 radical (unpaired) electrons. The lowest BCUT2D eigenvalue weighted by molar-refractivity contribution is 0.140. The van der Waals surface area contributed by atoms with Crippen molar-refractivity contribution in [2.75, 3.05) is 6.61 Å². The van der Waals surface area contributed by atoms with E-state index in [4.69, 9.17) is 17.4 Å². The van der Waals surface area contributed by atoms with Crippen LogP contribution in [0.2, 0.25) is 0 Å². The number of rotatable bonds is 4. The Balaban J connectivity index is 2.73. The van der Waals surface area contributed by atoms with Gasteiger partial charge in [-0.3, -0.25) is 0 Å². The average molecular weight is 206 g/mol. The highest BCUT2D eigenvalue weighted by molar-refractivity contribution is 5.47. The fourth-order valence-electron chi connectivity index (χ4n) is 1.30. The molecule has 0 spiro atoms. The van der Waals surface area contributed by atoms with Gasteiger partial charge in [-0.05, 0) is 12.0 Å². The van der Waals surface area contributed by atoms with E-state index in [-0.39, 0.29) is 13.0 Å². The molecule has 0 saturated carbocycles. The SMILES string of the molecule is [C-]#[N+]c1cccc([C@@H](O)C[C@H](N)CO)c1. The third-order valence-electron chi connectivity index (χ3n) is 2.14. The van der Waals surface area contributed by atoms with Gasteiger partial charge >= 0.3 is 0 Å². The minimum atomic E-state index is -0.728. The second-order valence-corrected chi connectivity index (χ2v) is 3.40. The van der Waals surface area contributed by atoms with Crippen molar-refractivity contribution < 1.29 is 10.2 Å². The molecule has 80 valence electrons. The summed E-state index contributed by atoms with van der Waals surface area (Å²) in [4.78, 5) is 3.27. The molecule has 0 amide bonds. The first-order valence-corrected chi connectivity index (χ1v) is 4.69. The summed E-state index contributed by atoms with van der Waals surface area (Å²) in [6, 6.07) is 6.33. The van der Waals surface area contributed by atoms with E-state index in [0.29, 0.717) is 11.3 Å². The van der Waals surface area contributed by atoms with E-state index >= 15 is 0 Å². The monoisotopic (exact) mass is 206 g/mol. The zero-order valence-electron chi connectivity index (χ0n) is 8.30. The zero-order valence-corrected chi connectivity index (χ0v) is 8.30. The molecule has 0 heterocycles. The highest BCUT2D eigenvalue weighted by Crippen LogP contribution is 2.22. The Morgan fingerprint density at radius 3 is 2.80 bits per heavy atom. The molecule has 0 fully saturated rings. The Morgan fingerprint density at radius 2 is 2.20 bits per heavy atom. The number of nitrogens with zero attached hydrogens (tertiary/aromatic N) is 1. The fourth-order valence-corrected chi connectivity index (χ4v) is 1.30. The van der Waals surface area contributed by atoms with Gasteiger partial charge in [0, 0.05) is 6.04 Å². The van der Waals surface area contributed by atoms with Crippen LogP contribution in [0.1, 0.15) is 18.1 Å². The van der Waals surface area contributed by atoms with Crippen molar-refractivity contribution >= 4 is 5.69 Å². The summed E-state index contributed by atoms with van der Waals surface area (Å²) in [5.74, 6) is 0. The van der Waals surface area contributed by atoms with Crippen molar-refractivity contribution in [2.24, 2.45) is 5.73 Å². The molecule has 4 nitrogen and oxygen atoms in total. The van der Waals surface area contributed by atoms with Gasteiger partial charge in [0.15, 0.2) is 5.69 Å². The Hall–Kier alpha value is -1.41. The topological polar surface area (TPSA) is 70.8 Å². The maximum atomic E-state index is 9.75. The molecule has 1 rings (SSSR count). The summed E-state index contributed by atoms with van der Waals surface area (Å²) in [6.45, 7) is 6.68. The van der Waals surface area contributed by atoms with Crippen LogP contribution in [0.3, 0.4) is 0 Å². The van der Waals surface area contributed by atoms with Crippen LogP contribution in [-0.4, -0.2) is 22.9 Å². The third kappa shape index (κ3) is 3.33. The lowest BCUT2D eigenvalue weighted by Crippen LogP contribution is -2.26. The van der Waals surface area contributed by atoms with E-state index in [1.165, 1.54) is 0 Å². The molecule has 0 aromatic heterocycles. The first kappa shape index (κ1) is 11.7. The number of nitrogens with two attached hydrogens (primary N) is 1. The summed E-state index contributed by atoms with van der Waals surface area (Å²) in [6.07, 6.45) is -0.438. The maximum absolute atomic E-state index is 9.75. The highest BCUT2D eigenvalue weighted by atomic mass is 16.3. The van der Waals surface area contributed by atoms with Crippen molar-refractivity contribution in [3.63, 3.8) is 0 Å². The molecule has 2 atom stereocenters. The van der Waals surface area contributed by atoms with Crippen LogP contribution in [0.5, 0.6) is 0 Å². The van der Waals surface area contributed by atoms with E-state index in [0.717, 1.165) is 0 Å². The minimum Gasteiger partial charge on any atom is -0.395 e. The van der Waals surface area contributed by atoms with Gasteiger partial charge in [-0.1, -0.05) is 24.3 Å². The lowest BCUT2D eigenvalue weighted by Gasteiger charge is -2.14. The van der Waals surface area contributed by atoms with E-state index in [1.54, 1.807) is 24.3 Å². The molecule has 0 bridgehead atoms. The van der Waals surface area contributed by atoms with Crippen molar-refractivity contribution in [3.8, 4) is 0 Å². The molecule has 0 unspecified atom stereocenters. The third-order valence-corrected chi connectivity index (χ3v) is 2.14. The number of hydrogen-bond donors (Lipinski definition) is 3. The quantitative estimate of drug-likeness (QED) is 0.643. The van der Waals surface area contributed by atoms with Crippen LogP contribution in [-0.2, 0) is 0 Å². The maximum Gasteiger partial charge on any atom is 0.187 e. The summed E-state index contributed by atoms with van der Waals surface area (Å²) in [7, 11) is 0. The van der Waals surface area contributed by atoms with Crippen LogP contribution < -0.4 is 5.73 Å². The van der Waals surface area contributed by atoms with Gasteiger partial charge in [0.25, 0.3) is 0 Å². The summed E-state index contributed by atoms with van der Waals surface area (Å²) >= 11 is 0. The Kier molecular flexibility index (Phi) is 4.25. The second kappa shape index (κ2) is 5.47. The average Bonchev–Trinajstić information content (AvgIpc) is 2.28. The summed E-state index contributed by atoms with van der Waals surface area (Å²) in [5, 5.41) is 18.5. The predicted molar refractivity (Wildman–Crippen MR) is 57.3 cm³/mol. The molecular formula is C11H14N2O2. The lowest BCUT2D eigenvalue weighted by atomic mass is 10.0. The fraction of sp³-hybridized carbons (Fsp3) is 0.364. The normalized spacial score (nSPS) is 14.3. The smallest absolute Gasteiger partial charge is 0.187 e. The van der Waals surface area contributed by atoms with Crippen LogP contribution >= 0.6 is 0 Å². The number of benzene rings is 1.